The van der Waals surface area contributed by atoms with E-state index in [9.17, 15) is 4.79 Å². The molecular weight excluding hydrogens is 389 g/mol. The van der Waals surface area contributed by atoms with Gasteiger partial charge in [-0.15, -0.1) is 0 Å². The first-order valence-electron chi connectivity index (χ1n) is 6.53. The molecular formula is C16H14BrCl2NO2. The molecule has 6 heteroatoms. The maximum atomic E-state index is 12.2. The minimum absolute atomic E-state index is 0.264. The zero-order valence-electron chi connectivity index (χ0n) is 11.8. The van der Waals surface area contributed by atoms with E-state index in [0.29, 0.717) is 22.2 Å². The Bertz CT molecular complexity index is 679. The van der Waals surface area contributed by atoms with E-state index in [1.807, 2.05) is 18.2 Å². The molecule has 0 aliphatic carbocycles. The fraction of sp³-hybridized carbons (Fsp3) is 0.188. The Balaban J connectivity index is 2.09. The standard InChI is InChI=1S/C16H14BrCl2NO2/c1-22-15(11-4-2-3-5-13(11)18)9-20-16(21)12-8-10(17)6-7-14(12)19/h2-8,15H,9H2,1H3,(H,20,21). The fourth-order valence-corrected chi connectivity index (χ4v) is 2.83. The molecule has 2 aromatic rings. The molecule has 1 unspecified atom stereocenters. The van der Waals surface area contributed by atoms with Crippen molar-refractivity contribution in [3.05, 3.63) is 68.1 Å². The summed E-state index contributed by atoms with van der Waals surface area (Å²) in [6, 6.07) is 12.5. The highest BCUT2D eigenvalue weighted by atomic mass is 79.9. The third-order valence-corrected chi connectivity index (χ3v) is 4.32. The van der Waals surface area contributed by atoms with Crippen molar-refractivity contribution in [2.75, 3.05) is 13.7 Å². The van der Waals surface area contributed by atoms with Crippen LogP contribution < -0.4 is 5.32 Å². The van der Waals surface area contributed by atoms with Crippen molar-refractivity contribution < 1.29 is 9.53 Å². The first-order valence-corrected chi connectivity index (χ1v) is 8.08. The Kier molecular flexibility index (Phi) is 6.26. The summed E-state index contributed by atoms with van der Waals surface area (Å²) < 4.78 is 6.20. The second kappa shape index (κ2) is 7.97. The maximum Gasteiger partial charge on any atom is 0.252 e. The number of nitrogens with one attached hydrogen (secondary N) is 1. The van der Waals surface area contributed by atoms with Gasteiger partial charge in [0, 0.05) is 28.7 Å². The van der Waals surface area contributed by atoms with Gasteiger partial charge < -0.3 is 10.1 Å². The summed E-state index contributed by atoms with van der Waals surface area (Å²) in [5, 5.41) is 3.81. The summed E-state index contributed by atoms with van der Waals surface area (Å²) >= 11 is 15.5. The van der Waals surface area contributed by atoms with Crippen LogP contribution in [-0.2, 0) is 4.74 Å². The van der Waals surface area contributed by atoms with Gasteiger partial charge in [-0.25, -0.2) is 0 Å². The monoisotopic (exact) mass is 401 g/mol. The molecule has 0 aromatic heterocycles. The molecule has 0 spiro atoms. The van der Waals surface area contributed by atoms with Crippen molar-refractivity contribution in [1.29, 1.82) is 0 Å². The second-order valence-electron chi connectivity index (χ2n) is 4.58. The number of hydrogen-bond acceptors (Lipinski definition) is 2. The summed E-state index contributed by atoms with van der Waals surface area (Å²) in [6.45, 7) is 0.294. The van der Waals surface area contributed by atoms with Crippen molar-refractivity contribution in [2.24, 2.45) is 0 Å². The predicted octanol–water partition coefficient (Wildman–Crippen LogP) is 4.87. The molecule has 0 aliphatic heterocycles. The second-order valence-corrected chi connectivity index (χ2v) is 6.31. The van der Waals surface area contributed by atoms with Crippen LogP contribution in [0.25, 0.3) is 0 Å². The van der Waals surface area contributed by atoms with Gasteiger partial charge in [0.05, 0.1) is 10.6 Å². The van der Waals surface area contributed by atoms with Crippen molar-refractivity contribution in [2.45, 2.75) is 6.10 Å². The van der Waals surface area contributed by atoms with Gasteiger partial charge in [-0.05, 0) is 24.3 Å². The van der Waals surface area contributed by atoms with Crippen LogP contribution in [0, 0.1) is 0 Å². The highest BCUT2D eigenvalue weighted by Crippen LogP contribution is 2.25. The summed E-state index contributed by atoms with van der Waals surface area (Å²) in [7, 11) is 1.58. The molecule has 3 nitrogen and oxygen atoms in total. The van der Waals surface area contributed by atoms with Crippen LogP contribution in [0.3, 0.4) is 0 Å². The number of halogens is 3. The molecule has 2 aromatic carbocycles. The molecule has 1 amide bonds. The van der Waals surface area contributed by atoms with Crippen LogP contribution in [0.1, 0.15) is 22.0 Å². The average Bonchev–Trinajstić information content (AvgIpc) is 2.51. The molecule has 2 rings (SSSR count). The van der Waals surface area contributed by atoms with Crippen LogP contribution in [-0.4, -0.2) is 19.6 Å². The third kappa shape index (κ3) is 4.23. The Morgan fingerprint density at radius 1 is 1.23 bits per heavy atom. The molecule has 0 aliphatic rings. The molecule has 0 radical (unpaired) electrons. The lowest BCUT2D eigenvalue weighted by Gasteiger charge is -2.18. The first-order chi connectivity index (χ1) is 10.5. The van der Waals surface area contributed by atoms with Crippen LogP contribution in [0.2, 0.25) is 10.0 Å². The van der Waals surface area contributed by atoms with Crippen molar-refractivity contribution in [3.8, 4) is 0 Å². The normalized spacial score (nSPS) is 12.0. The van der Waals surface area contributed by atoms with Crippen molar-refractivity contribution in [3.63, 3.8) is 0 Å². The minimum atomic E-state index is -0.330. The van der Waals surface area contributed by atoms with E-state index in [0.717, 1.165) is 10.0 Å². The molecule has 1 N–H and O–H groups in total. The zero-order chi connectivity index (χ0) is 16.1. The number of benzene rings is 2. The first kappa shape index (κ1) is 17.3. The molecule has 22 heavy (non-hydrogen) atoms. The van der Waals surface area contributed by atoms with Crippen LogP contribution in [0.4, 0.5) is 0 Å². The van der Waals surface area contributed by atoms with Gasteiger partial charge in [-0.2, -0.15) is 0 Å². The number of carbonyl (C=O) groups excluding carboxylic acids is 1. The van der Waals surface area contributed by atoms with Gasteiger partial charge in [-0.1, -0.05) is 57.3 Å². The number of hydrogen-bond donors (Lipinski definition) is 1. The third-order valence-electron chi connectivity index (χ3n) is 3.16. The quantitative estimate of drug-likeness (QED) is 0.774. The average molecular weight is 403 g/mol. The van der Waals surface area contributed by atoms with Gasteiger partial charge >= 0.3 is 0 Å². The molecule has 0 bridgehead atoms. The number of carbonyl (C=O) groups is 1. The van der Waals surface area contributed by atoms with Gasteiger partial charge in [0.25, 0.3) is 5.91 Å². The lowest BCUT2D eigenvalue weighted by atomic mass is 10.1. The summed E-state index contributed by atoms with van der Waals surface area (Å²) in [6.07, 6.45) is -0.330. The number of ether oxygens (including phenoxy) is 1. The summed E-state index contributed by atoms with van der Waals surface area (Å²) in [5.41, 5.74) is 1.23. The Labute approximate surface area is 147 Å². The highest BCUT2D eigenvalue weighted by Gasteiger charge is 2.17. The molecule has 116 valence electrons. The lowest BCUT2D eigenvalue weighted by molar-refractivity contribution is 0.0828. The Morgan fingerprint density at radius 2 is 1.95 bits per heavy atom. The smallest absolute Gasteiger partial charge is 0.252 e. The van der Waals surface area contributed by atoms with E-state index in [4.69, 9.17) is 27.9 Å². The van der Waals surface area contributed by atoms with Crippen LogP contribution in [0.15, 0.2) is 46.9 Å². The van der Waals surface area contributed by atoms with Crippen molar-refractivity contribution >= 4 is 45.0 Å². The number of amides is 1. The topological polar surface area (TPSA) is 38.3 Å². The van der Waals surface area contributed by atoms with Crippen LogP contribution >= 0.6 is 39.1 Å². The van der Waals surface area contributed by atoms with Crippen molar-refractivity contribution in [1.82, 2.24) is 5.32 Å². The van der Waals surface area contributed by atoms with Gasteiger partial charge in [-0.3, -0.25) is 4.79 Å². The van der Waals surface area contributed by atoms with E-state index >= 15 is 0 Å². The van der Waals surface area contributed by atoms with Gasteiger partial charge in [0.15, 0.2) is 0 Å². The molecule has 0 heterocycles. The minimum Gasteiger partial charge on any atom is -0.375 e. The number of rotatable bonds is 5. The zero-order valence-corrected chi connectivity index (χ0v) is 14.9. The predicted molar refractivity (Wildman–Crippen MR) is 92.7 cm³/mol. The van der Waals surface area contributed by atoms with Gasteiger partial charge in [0.2, 0.25) is 0 Å². The van der Waals surface area contributed by atoms with E-state index in [1.165, 1.54) is 0 Å². The molecule has 0 saturated heterocycles. The Morgan fingerprint density at radius 3 is 2.64 bits per heavy atom. The van der Waals surface area contributed by atoms with E-state index < -0.39 is 0 Å². The Hall–Kier alpha value is -1.07. The lowest BCUT2D eigenvalue weighted by Crippen LogP contribution is -2.29. The number of methoxy groups -OCH3 is 1. The van der Waals surface area contributed by atoms with E-state index in [1.54, 1.807) is 31.4 Å². The molecule has 0 fully saturated rings. The maximum absolute atomic E-state index is 12.2. The van der Waals surface area contributed by atoms with E-state index in [-0.39, 0.29) is 12.0 Å². The molecule has 0 saturated carbocycles. The summed E-state index contributed by atoms with van der Waals surface area (Å²) in [4.78, 5) is 12.2. The highest BCUT2D eigenvalue weighted by molar-refractivity contribution is 9.10. The van der Waals surface area contributed by atoms with Crippen LogP contribution in [0.5, 0.6) is 0 Å². The SMILES string of the molecule is COC(CNC(=O)c1cc(Br)ccc1Cl)c1ccccc1Cl. The fourth-order valence-electron chi connectivity index (χ4n) is 2.01. The van der Waals surface area contributed by atoms with Gasteiger partial charge in [0.1, 0.15) is 6.10 Å². The largest absolute Gasteiger partial charge is 0.375 e. The molecule has 1 atom stereocenters. The van der Waals surface area contributed by atoms with E-state index in [2.05, 4.69) is 21.2 Å². The summed E-state index contributed by atoms with van der Waals surface area (Å²) in [5.74, 6) is -0.264.